The van der Waals surface area contributed by atoms with Crippen molar-refractivity contribution in [1.29, 1.82) is 5.26 Å². The van der Waals surface area contributed by atoms with Gasteiger partial charge in [-0.05, 0) is 31.2 Å². The number of hydrogen-bond acceptors (Lipinski definition) is 4. The van der Waals surface area contributed by atoms with E-state index < -0.39 is 0 Å². The standard InChI is InChI=1S/C14H20N2OS/c1-3-17-10-6-9-16-13-7-5-8-14(18-4-2)12(13)11-15/h5,7-8,16H,3-4,6,9-10H2,1-2H3. The topological polar surface area (TPSA) is 45.0 Å². The molecule has 0 heterocycles. The van der Waals surface area contributed by atoms with E-state index in [9.17, 15) is 5.26 Å². The Hall–Kier alpha value is -1.18. The van der Waals surface area contributed by atoms with Crippen molar-refractivity contribution in [3.63, 3.8) is 0 Å². The molecule has 0 radical (unpaired) electrons. The van der Waals surface area contributed by atoms with Gasteiger partial charge in [0.05, 0.1) is 11.3 Å². The largest absolute Gasteiger partial charge is 0.384 e. The minimum absolute atomic E-state index is 0.751. The summed E-state index contributed by atoms with van der Waals surface area (Å²) in [5.41, 5.74) is 1.67. The van der Waals surface area contributed by atoms with Gasteiger partial charge in [-0.1, -0.05) is 13.0 Å². The van der Waals surface area contributed by atoms with Gasteiger partial charge in [0.1, 0.15) is 6.07 Å². The van der Waals surface area contributed by atoms with E-state index in [0.29, 0.717) is 0 Å². The Morgan fingerprint density at radius 3 is 2.89 bits per heavy atom. The van der Waals surface area contributed by atoms with Crippen molar-refractivity contribution in [2.75, 3.05) is 30.8 Å². The van der Waals surface area contributed by atoms with Crippen molar-refractivity contribution in [2.24, 2.45) is 0 Å². The number of nitrogens with one attached hydrogen (secondary N) is 1. The van der Waals surface area contributed by atoms with E-state index in [2.05, 4.69) is 18.3 Å². The molecule has 18 heavy (non-hydrogen) atoms. The van der Waals surface area contributed by atoms with Crippen LogP contribution in [0.2, 0.25) is 0 Å². The predicted octanol–water partition coefficient (Wildman–Crippen LogP) is 3.51. The summed E-state index contributed by atoms with van der Waals surface area (Å²) in [5.74, 6) is 0.975. The van der Waals surface area contributed by atoms with Crippen LogP contribution in [0.5, 0.6) is 0 Å². The van der Waals surface area contributed by atoms with Gasteiger partial charge in [0.2, 0.25) is 0 Å². The van der Waals surface area contributed by atoms with Gasteiger partial charge in [-0.3, -0.25) is 0 Å². The molecule has 0 saturated heterocycles. The molecule has 1 N–H and O–H groups in total. The van der Waals surface area contributed by atoms with Crippen molar-refractivity contribution in [3.8, 4) is 6.07 Å². The molecule has 0 bridgehead atoms. The first-order valence-electron chi connectivity index (χ1n) is 6.31. The molecule has 0 aliphatic heterocycles. The summed E-state index contributed by atoms with van der Waals surface area (Å²) in [4.78, 5) is 1.05. The normalized spacial score (nSPS) is 10.1. The van der Waals surface area contributed by atoms with Crippen LogP contribution >= 0.6 is 11.8 Å². The monoisotopic (exact) mass is 264 g/mol. The highest BCUT2D eigenvalue weighted by atomic mass is 32.2. The summed E-state index contributed by atoms with van der Waals surface area (Å²) in [5, 5.41) is 12.5. The lowest BCUT2D eigenvalue weighted by atomic mass is 10.2. The molecule has 0 aromatic heterocycles. The molecule has 0 saturated carbocycles. The Labute approximate surface area is 114 Å². The number of rotatable bonds is 8. The summed E-state index contributed by atoms with van der Waals surface area (Å²) >= 11 is 1.70. The van der Waals surface area contributed by atoms with Crippen LogP contribution in [0.3, 0.4) is 0 Å². The summed E-state index contributed by atoms with van der Waals surface area (Å²) in [7, 11) is 0. The molecule has 0 fully saturated rings. The van der Waals surface area contributed by atoms with Crippen LogP contribution < -0.4 is 5.32 Å². The highest BCUT2D eigenvalue weighted by Crippen LogP contribution is 2.27. The molecule has 0 amide bonds. The lowest BCUT2D eigenvalue weighted by Crippen LogP contribution is -2.07. The first-order valence-corrected chi connectivity index (χ1v) is 7.29. The molecule has 1 rings (SSSR count). The zero-order valence-electron chi connectivity index (χ0n) is 11.0. The molecule has 1 aromatic carbocycles. The molecule has 0 aliphatic carbocycles. The number of ether oxygens (including phenoxy) is 1. The second-order valence-corrected chi connectivity index (χ2v) is 5.01. The maximum absolute atomic E-state index is 9.24. The second kappa shape index (κ2) is 8.84. The van der Waals surface area contributed by atoms with Crippen LogP contribution in [0.1, 0.15) is 25.8 Å². The molecule has 0 aliphatic rings. The van der Waals surface area contributed by atoms with E-state index in [1.165, 1.54) is 0 Å². The third kappa shape index (κ3) is 4.59. The van der Waals surface area contributed by atoms with E-state index in [-0.39, 0.29) is 0 Å². The number of nitriles is 1. The fourth-order valence-corrected chi connectivity index (χ4v) is 2.40. The Bertz CT molecular complexity index is 401. The van der Waals surface area contributed by atoms with E-state index in [1.807, 2.05) is 25.1 Å². The first kappa shape index (κ1) is 14.9. The zero-order chi connectivity index (χ0) is 13.2. The Balaban J connectivity index is 2.59. The average molecular weight is 264 g/mol. The molecule has 0 unspecified atom stereocenters. The average Bonchev–Trinajstić information content (AvgIpc) is 2.39. The Morgan fingerprint density at radius 1 is 1.39 bits per heavy atom. The van der Waals surface area contributed by atoms with Gasteiger partial charge in [-0.2, -0.15) is 5.26 Å². The highest BCUT2D eigenvalue weighted by Gasteiger charge is 2.07. The van der Waals surface area contributed by atoms with Gasteiger partial charge in [0.25, 0.3) is 0 Å². The number of hydrogen-bond donors (Lipinski definition) is 1. The van der Waals surface area contributed by atoms with Gasteiger partial charge in [-0.25, -0.2) is 0 Å². The van der Waals surface area contributed by atoms with Crippen molar-refractivity contribution >= 4 is 17.4 Å². The smallest absolute Gasteiger partial charge is 0.102 e. The van der Waals surface area contributed by atoms with Crippen molar-refractivity contribution in [2.45, 2.75) is 25.2 Å². The predicted molar refractivity (Wildman–Crippen MR) is 77.2 cm³/mol. The quantitative estimate of drug-likeness (QED) is 0.576. The van der Waals surface area contributed by atoms with Crippen LogP contribution in [0.25, 0.3) is 0 Å². The SMILES string of the molecule is CCOCCCNc1cccc(SCC)c1C#N. The molecule has 4 heteroatoms. The van der Waals surface area contributed by atoms with Crippen molar-refractivity contribution in [3.05, 3.63) is 23.8 Å². The maximum Gasteiger partial charge on any atom is 0.102 e. The third-order valence-electron chi connectivity index (χ3n) is 2.42. The third-order valence-corrected chi connectivity index (χ3v) is 3.36. The van der Waals surface area contributed by atoms with E-state index >= 15 is 0 Å². The van der Waals surface area contributed by atoms with Crippen LogP contribution in [0.15, 0.2) is 23.1 Å². The summed E-state index contributed by atoms with van der Waals surface area (Å²) < 4.78 is 5.28. The Morgan fingerprint density at radius 2 is 2.22 bits per heavy atom. The maximum atomic E-state index is 9.24. The van der Waals surface area contributed by atoms with Crippen molar-refractivity contribution < 1.29 is 4.74 Å². The van der Waals surface area contributed by atoms with Gasteiger partial charge in [0, 0.05) is 24.7 Å². The van der Waals surface area contributed by atoms with Crippen LogP contribution in [-0.2, 0) is 4.74 Å². The summed E-state index contributed by atoms with van der Waals surface area (Å²) in [6, 6.07) is 8.23. The van der Waals surface area contributed by atoms with Crippen molar-refractivity contribution in [1.82, 2.24) is 0 Å². The number of benzene rings is 1. The number of thioether (sulfide) groups is 1. The molecule has 1 aromatic rings. The minimum Gasteiger partial charge on any atom is -0.384 e. The Kier molecular flexibility index (Phi) is 7.31. The highest BCUT2D eigenvalue weighted by molar-refractivity contribution is 7.99. The van der Waals surface area contributed by atoms with Crippen LogP contribution in [0, 0.1) is 11.3 Å². The fourth-order valence-electron chi connectivity index (χ4n) is 1.61. The lowest BCUT2D eigenvalue weighted by Gasteiger charge is -2.10. The first-order chi connectivity index (χ1) is 8.83. The van der Waals surface area contributed by atoms with E-state index in [4.69, 9.17) is 4.74 Å². The molecule has 0 spiro atoms. The van der Waals surface area contributed by atoms with E-state index in [1.54, 1.807) is 11.8 Å². The van der Waals surface area contributed by atoms with Gasteiger partial charge in [-0.15, -0.1) is 11.8 Å². The minimum atomic E-state index is 0.751. The molecular weight excluding hydrogens is 244 g/mol. The van der Waals surface area contributed by atoms with E-state index in [0.717, 1.165) is 48.1 Å². The number of nitrogens with zero attached hydrogens (tertiary/aromatic N) is 1. The van der Waals surface area contributed by atoms with Crippen LogP contribution in [0.4, 0.5) is 5.69 Å². The number of anilines is 1. The fraction of sp³-hybridized carbons (Fsp3) is 0.500. The second-order valence-electron chi connectivity index (χ2n) is 3.70. The van der Waals surface area contributed by atoms with Gasteiger partial charge < -0.3 is 10.1 Å². The van der Waals surface area contributed by atoms with Crippen LogP contribution in [-0.4, -0.2) is 25.5 Å². The molecular formula is C14H20N2OS. The molecule has 0 atom stereocenters. The molecule has 3 nitrogen and oxygen atoms in total. The van der Waals surface area contributed by atoms with Gasteiger partial charge >= 0.3 is 0 Å². The lowest BCUT2D eigenvalue weighted by molar-refractivity contribution is 0.147. The summed E-state index contributed by atoms with van der Waals surface area (Å²) in [6.45, 7) is 6.43. The summed E-state index contributed by atoms with van der Waals surface area (Å²) in [6.07, 6.45) is 0.948. The zero-order valence-corrected chi connectivity index (χ0v) is 11.8. The molecule has 98 valence electrons. The van der Waals surface area contributed by atoms with Gasteiger partial charge in [0.15, 0.2) is 0 Å².